The maximum atomic E-state index is 13.0. The Hall–Kier alpha value is -1.62. The number of hydrogen-bond donors (Lipinski definition) is 2. The fourth-order valence-corrected chi connectivity index (χ4v) is 6.76. The summed E-state index contributed by atoms with van der Waals surface area (Å²) in [6.07, 6.45) is 10.1. The predicted molar refractivity (Wildman–Crippen MR) is 99.2 cm³/mol. The molecule has 5 heteroatoms. The fourth-order valence-electron chi connectivity index (χ4n) is 6.01. The lowest BCUT2D eigenvalue weighted by molar-refractivity contribution is -0.146. The van der Waals surface area contributed by atoms with Crippen LogP contribution in [0.5, 0.6) is 0 Å². The molecular weight excluding hydrogens is 330 g/mol. The van der Waals surface area contributed by atoms with Crippen LogP contribution in [-0.2, 0) is 11.2 Å². The first-order chi connectivity index (χ1) is 12.2. The fraction of sp³-hybridized carbons (Fsp3) is 0.600. The van der Waals surface area contributed by atoms with E-state index < -0.39 is 0 Å². The van der Waals surface area contributed by atoms with E-state index in [-0.39, 0.29) is 5.41 Å². The lowest BCUT2D eigenvalue weighted by Crippen LogP contribution is -2.53. The molecule has 2 aromatic rings. The van der Waals surface area contributed by atoms with E-state index in [9.17, 15) is 4.79 Å². The summed E-state index contributed by atoms with van der Waals surface area (Å²) in [5.41, 5.74) is 2.10. The summed E-state index contributed by atoms with van der Waals surface area (Å²) in [7, 11) is 0. The van der Waals surface area contributed by atoms with Crippen LogP contribution in [0.25, 0.3) is 10.6 Å². The average molecular weight is 356 g/mol. The number of hydrogen-bond acceptors (Lipinski definition) is 3. The van der Waals surface area contributed by atoms with Crippen LogP contribution < -0.4 is 5.32 Å². The molecule has 0 saturated heterocycles. The van der Waals surface area contributed by atoms with Crippen molar-refractivity contribution in [3.05, 3.63) is 29.5 Å². The van der Waals surface area contributed by atoms with Crippen LogP contribution in [0, 0.1) is 23.2 Å². The molecule has 4 fully saturated rings. The third-order valence-electron chi connectivity index (χ3n) is 6.65. The normalized spacial score (nSPS) is 32.9. The summed E-state index contributed by atoms with van der Waals surface area (Å²) < 4.78 is 0. The first kappa shape index (κ1) is 15.6. The Morgan fingerprint density at radius 3 is 2.60 bits per heavy atom. The number of amides is 1. The maximum absolute atomic E-state index is 13.0. The quantitative estimate of drug-likeness (QED) is 0.851. The highest BCUT2D eigenvalue weighted by atomic mass is 32.1. The number of thiophene rings is 1. The second-order valence-corrected chi connectivity index (χ2v) is 9.36. The zero-order valence-electron chi connectivity index (χ0n) is 14.5. The first-order valence-electron chi connectivity index (χ1n) is 9.56. The van der Waals surface area contributed by atoms with Gasteiger partial charge in [-0.15, -0.1) is 11.3 Å². The molecule has 0 aliphatic heterocycles. The van der Waals surface area contributed by atoms with Gasteiger partial charge in [0, 0.05) is 24.1 Å². The van der Waals surface area contributed by atoms with Crippen molar-refractivity contribution in [2.75, 3.05) is 6.54 Å². The van der Waals surface area contributed by atoms with Crippen LogP contribution >= 0.6 is 11.3 Å². The molecule has 4 nitrogen and oxygen atoms in total. The van der Waals surface area contributed by atoms with E-state index in [1.54, 1.807) is 17.7 Å². The third kappa shape index (κ3) is 2.73. The molecule has 6 rings (SSSR count). The van der Waals surface area contributed by atoms with Crippen molar-refractivity contribution in [1.82, 2.24) is 15.3 Å². The molecule has 2 N–H and O–H groups in total. The Morgan fingerprint density at radius 1 is 1.24 bits per heavy atom. The van der Waals surface area contributed by atoms with Gasteiger partial charge >= 0.3 is 0 Å². The molecule has 4 aliphatic rings. The van der Waals surface area contributed by atoms with Crippen molar-refractivity contribution >= 4 is 17.2 Å². The molecule has 132 valence electrons. The van der Waals surface area contributed by atoms with Crippen molar-refractivity contribution in [2.45, 2.75) is 44.9 Å². The maximum Gasteiger partial charge on any atom is 0.226 e. The number of carbonyl (C=O) groups is 1. The number of nitrogens with zero attached hydrogens (tertiary/aromatic N) is 1. The van der Waals surface area contributed by atoms with Gasteiger partial charge in [0.25, 0.3) is 0 Å². The zero-order valence-corrected chi connectivity index (χ0v) is 15.3. The number of nitrogens with one attached hydrogen (secondary N) is 2. The van der Waals surface area contributed by atoms with Gasteiger partial charge in [0.1, 0.15) is 5.69 Å². The van der Waals surface area contributed by atoms with Crippen LogP contribution in [0.4, 0.5) is 0 Å². The Bertz CT molecular complexity index is 728. The van der Waals surface area contributed by atoms with Gasteiger partial charge in [-0.05, 0) is 67.7 Å². The van der Waals surface area contributed by atoms with Crippen molar-refractivity contribution in [2.24, 2.45) is 23.2 Å². The van der Waals surface area contributed by atoms with Crippen LogP contribution in [0.15, 0.2) is 23.8 Å². The van der Waals surface area contributed by atoms with E-state index in [0.29, 0.717) is 12.5 Å². The molecule has 2 aromatic heterocycles. The second kappa shape index (κ2) is 5.97. The SMILES string of the molecule is O=C(NCCc1[nH]cnc1-c1cccs1)C12CC3CC(CC(C3)C1)C2. The smallest absolute Gasteiger partial charge is 0.226 e. The van der Waals surface area contributed by atoms with Crippen molar-refractivity contribution in [3.8, 4) is 10.6 Å². The van der Waals surface area contributed by atoms with E-state index in [4.69, 9.17) is 0 Å². The number of H-pyrrole nitrogens is 1. The second-order valence-electron chi connectivity index (χ2n) is 8.41. The number of imidazole rings is 1. The summed E-state index contributed by atoms with van der Waals surface area (Å²) in [5.74, 6) is 2.77. The van der Waals surface area contributed by atoms with Gasteiger partial charge < -0.3 is 10.3 Å². The minimum atomic E-state index is -0.0423. The Kier molecular flexibility index (Phi) is 3.73. The lowest BCUT2D eigenvalue weighted by Gasteiger charge is -2.55. The van der Waals surface area contributed by atoms with E-state index in [1.165, 1.54) is 24.1 Å². The zero-order chi connectivity index (χ0) is 16.9. The first-order valence-corrected chi connectivity index (χ1v) is 10.4. The topological polar surface area (TPSA) is 57.8 Å². The minimum absolute atomic E-state index is 0.0423. The number of rotatable bonds is 5. The molecule has 0 aromatic carbocycles. The van der Waals surface area contributed by atoms with Gasteiger partial charge in [-0.25, -0.2) is 4.98 Å². The largest absolute Gasteiger partial charge is 0.355 e. The summed E-state index contributed by atoms with van der Waals surface area (Å²) in [5, 5.41) is 5.34. The van der Waals surface area contributed by atoms with Gasteiger partial charge in [0.05, 0.1) is 11.2 Å². The number of aromatic amines is 1. The van der Waals surface area contributed by atoms with Crippen LogP contribution in [-0.4, -0.2) is 22.4 Å². The predicted octanol–water partition coefficient (Wildman–Crippen LogP) is 4.01. The van der Waals surface area contributed by atoms with Crippen molar-refractivity contribution in [1.29, 1.82) is 0 Å². The monoisotopic (exact) mass is 355 g/mol. The molecule has 1 amide bonds. The van der Waals surface area contributed by atoms with E-state index >= 15 is 0 Å². The van der Waals surface area contributed by atoms with E-state index in [2.05, 4.69) is 26.7 Å². The molecule has 0 atom stereocenters. The summed E-state index contributed by atoms with van der Waals surface area (Å²) in [4.78, 5) is 21.9. The summed E-state index contributed by atoms with van der Waals surface area (Å²) >= 11 is 1.70. The highest BCUT2D eigenvalue weighted by Gasteiger charge is 2.54. The van der Waals surface area contributed by atoms with Gasteiger partial charge in [-0.2, -0.15) is 0 Å². The minimum Gasteiger partial charge on any atom is -0.355 e. The Labute approximate surface area is 152 Å². The molecule has 4 saturated carbocycles. The van der Waals surface area contributed by atoms with E-state index in [1.807, 2.05) is 6.07 Å². The Balaban J connectivity index is 1.23. The van der Waals surface area contributed by atoms with Crippen LogP contribution in [0.3, 0.4) is 0 Å². The molecule has 4 bridgehead atoms. The standard InChI is InChI=1S/C20H25N3OS/c24-19(20-9-13-6-14(10-20)8-15(7-13)11-20)21-4-3-16-18(23-12-22-16)17-2-1-5-25-17/h1-2,5,12-15H,3-4,6-11H2,(H,21,24)(H,22,23). The van der Waals surface area contributed by atoms with Crippen LogP contribution in [0.1, 0.15) is 44.2 Å². The number of aromatic nitrogens is 2. The molecule has 25 heavy (non-hydrogen) atoms. The molecular formula is C20H25N3OS. The summed E-state index contributed by atoms with van der Waals surface area (Å²) in [6.45, 7) is 0.696. The van der Waals surface area contributed by atoms with Crippen LogP contribution in [0.2, 0.25) is 0 Å². The van der Waals surface area contributed by atoms with Gasteiger partial charge in [-0.1, -0.05) is 6.07 Å². The van der Waals surface area contributed by atoms with Gasteiger partial charge in [-0.3, -0.25) is 4.79 Å². The molecule has 0 unspecified atom stereocenters. The highest BCUT2D eigenvalue weighted by molar-refractivity contribution is 7.13. The Morgan fingerprint density at radius 2 is 1.96 bits per heavy atom. The van der Waals surface area contributed by atoms with Gasteiger partial charge in [0.15, 0.2) is 0 Å². The molecule has 2 heterocycles. The average Bonchev–Trinajstić information content (AvgIpc) is 3.24. The molecule has 0 radical (unpaired) electrons. The molecule has 4 aliphatic carbocycles. The molecule has 0 spiro atoms. The highest BCUT2D eigenvalue weighted by Crippen LogP contribution is 2.60. The van der Waals surface area contributed by atoms with E-state index in [0.717, 1.165) is 54.8 Å². The lowest BCUT2D eigenvalue weighted by atomic mass is 9.49. The number of carbonyl (C=O) groups excluding carboxylic acids is 1. The third-order valence-corrected chi connectivity index (χ3v) is 7.53. The van der Waals surface area contributed by atoms with Crippen molar-refractivity contribution < 1.29 is 4.79 Å². The van der Waals surface area contributed by atoms with Gasteiger partial charge in [0.2, 0.25) is 5.91 Å². The van der Waals surface area contributed by atoms with Crippen molar-refractivity contribution in [3.63, 3.8) is 0 Å². The summed E-state index contributed by atoms with van der Waals surface area (Å²) in [6, 6.07) is 4.14.